The Morgan fingerprint density at radius 1 is 0.900 bits per heavy atom. The SMILES string of the molecule is CCCCOCCOCCNC(=NCC1(N2CCCCC2)CCN(C)CC1)NCC. The van der Waals surface area contributed by atoms with E-state index in [4.69, 9.17) is 14.5 Å². The topological polar surface area (TPSA) is 61.4 Å². The van der Waals surface area contributed by atoms with Crippen LogP contribution in [0.15, 0.2) is 4.99 Å². The van der Waals surface area contributed by atoms with Crippen molar-refractivity contribution in [2.75, 3.05) is 79.3 Å². The molecule has 2 saturated heterocycles. The first-order chi connectivity index (χ1) is 14.7. The van der Waals surface area contributed by atoms with E-state index in [0.717, 1.165) is 38.6 Å². The highest BCUT2D eigenvalue weighted by atomic mass is 16.5. The van der Waals surface area contributed by atoms with Crippen LogP contribution >= 0.6 is 0 Å². The number of aliphatic imine (C=N–C) groups is 1. The van der Waals surface area contributed by atoms with E-state index in [9.17, 15) is 0 Å². The lowest BCUT2D eigenvalue weighted by molar-refractivity contribution is 0.0208. The van der Waals surface area contributed by atoms with Crippen LogP contribution in [-0.2, 0) is 9.47 Å². The molecule has 2 aliphatic rings. The molecule has 0 aromatic rings. The van der Waals surface area contributed by atoms with Crippen molar-refractivity contribution in [1.82, 2.24) is 20.4 Å². The molecule has 2 fully saturated rings. The van der Waals surface area contributed by atoms with Crippen molar-refractivity contribution in [2.24, 2.45) is 4.99 Å². The number of ether oxygens (including phenoxy) is 2. The smallest absolute Gasteiger partial charge is 0.191 e. The molecule has 2 rings (SSSR count). The molecule has 0 aliphatic carbocycles. The predicted molar refractivity (Wildman–Crippen MR) is 125 cm³/mol. The summed E-state index contributed by atoms with van der Waals surface area (Å²) >= 11 is 0. The number of likely N-dealkylation sites (tertiary alicyclic amines) is 2. The number of piperidine rings is 2. The number of unbranched alkanes of at least 4 members (excludes halogenated alkanes) is 1. The van der Waals surface area contributed by atoms with Gasteiger partial charge in [0.15, 0.2) is 5.96 Å². The fourth-order valence-electron chi connectivity index (χ4n) is 4.36. The molecule has 0 unspecified atom stereocenters. The quantitative estimate of drug-likeness (QED) is 0.268. The molecule has 0 amide bonds. The van der Waals surface area contributed by atoms with E-state index in [1.165, 1.54) is 64.7 Å². The van der Waals surface area contributed by atoms with Crippen LogP contribution in [0.4, 0.5) is 0 Å². The highest BCUT2D eigenvalue weighted by Gasteiger charge is 2.39. The van der Waals surface area contributed by atoms with Gasteiger partial charge in [-0.3, -0.25) is 9.89 Å². The number of nitrogens with one attached hydrogen (secondary N) is 2. The molecule has 0 atom stereocenters. The van der Waals surface area contributed by atoms with Crippen molar-refractivity contribution in [2.45, 2.75) is 64.3 Å². The Hall–Kier alpha value is -0.890. The lowest BCUT2D eigenvalue weighted by Gasteiger charge is -2.49. The Bertz CT molecular complexity index is 461. The molecule has 0 aromatic carbocycles. The molecule has 2 N–H and O–H groups in total. The summed E-state index contributed by atoms with van der Waals surface area (Å²) in [6.07, 6.45) is 8.77. The summed E-state index contributed by atoms with van der Waals surface area (Å²) in [5, 5.41) is 6.85. The first-order valence-corrected chi connectivity index (χ1v) is 12.3. The van der Waals surface area contributed by atoms with Gasteiger partial charge in [-0.15, -0.1) is 0 Å². The molecule has 7 heteroatoms. The summed E-state index contributed by atoms with van der Waals surface area (Å²) in [5.41, 5.74) is 0.224. The van der Waals surface area contributed by atoms with Gasteiger partial charge in [0, 0.05) is 25.2 Å². The van der Waals surface area contributed by atoms with Gasteiger partial charge in [0.25, 0.3) is 0 Å². The van der Waals surface area contributed by atoms with Crippen molar-refractivity contribution in [3.63, 3.8) is 0 Å². The Morgan fingerprint density at radius 2 is 1.60 bits per heavy atom. The third-order valence-corrected chi connectivity index (χ3v) is 6.37. The third kappa shape index (κ3) is 9.08. The minimum Gasteiger partial charge on any atom is -0.379 e. The molecule has 0 bridgehead atoms. The molecule has 7 nitrogen and oxygen atoms in total. The first kappa shape index (κ1) is 25.4. The Morgan fingerprint density at radius 3 is 2.27 bits per heavy atom. The number of nitrogens with zero attached hydrogens (tertiary/aromatic N) is 3. The van der Waals surface area contributed by atoms with Gasteiger partial charge in [0.1, 0.15) is 0 Å². The van der Waals surface area contributed by atoms with E-state index in [2.05, 4.69) is 41.3 Å². The maximum atomic E-state index is 5.68. The lowest BCUT2D eigenvalue weighted by atomic mass is 9.84. The zero-order valence-corrected chi connectivity index (χ0v) is 19.9. The number of hydrogen-bond acceptors (Lipinski definition) is 5. The molecular formula is C23H47N5O2. The summed E-state index contributed by atoms with van der Waals surface area (Å²) in [4.78, 5) is 10.2. The van der Waals surface area contributed by atoms with Gasteiger partial charge in [-0.05, 0) is 72.3 Å². The molecule has 176 valence electrons. The average molecular weight is 426 g/mol. The van der Waals surface area contributed by atoms with Crippen LogP contribution < -0.4 is 10.6 Å². The highest BCUT2D eigenvalue weighted by Crippen LogP contribution is 2.31. The summed E-state index contributed by atoms with van der Waals surface area (Å²) in [7, 11) is 2.24. The summed E-state index contributed by atoms with van der Waals surface area (Å²) in [6.45, 7) is 14.5. The van der Waals surface area contributed by atoms with Gasteiger partial charge < -0.3 is 25.0 Å². The van der Waals surface area contributed by atoms with E-state index < -0.39 is 0 Å². The molecule has 0 saturated carbocycles. The normalized spacial score (nSPS) is 21.0. The summed E-state index contributed by atoms with van der Waals surface area (Å²) in [6, 6.07) is 0. The third-order valence-electron chi connectivity index (χ3n) is 6.37. The molecular weight excluding hydrogens is 378 g/mol. The van der Waals surface area contributed by atoms with Gasteiger partial charge in [-0.25, -0.2) is 0 Å². The van der Waals surface area contributed by atoms with Crippen molar-refractivity contribution in [3.8, 4) is 0 Å². The minimum atomic E-state index is 0.224. The van der Waals surface area contributed by atoms with Crippen LogP contribution in [0.3, 0.4) is 0 Å². The molecule has 0 spiro atoms. The van der Waals surface area contributed by atoms with E-state index in [0.29, 0.717) is 19.8 Å². The van der Waals surface area contributed by atoms with Gasteiger partial charge in [-0.2, -0.15) is 0 Å². The maximum Gasteiger partial charge on any atom is 0.191 e. The van der Waals surface area contributed by atoms with E-state index >= 15 is 0 Å². The Kier molecular flexibility index (Phi) is 12.7. The highest BCUT2D eigenvalue weighted by molar-refractivity contribution is 5.79. The largest absolute Gasteiger partial charge is 0.379 e. The zero-order chi connectivity index (χ0) is 21.5. The first-order valence-electron chi connectivity index (χ1n) is 12.3. The molecule has 0 radical (unpaired) electrons. The monoisotopic (exact) mass is 425 g/mol. The van der Waals surface area contributed by atoms with Crippen LogP contribution in [0.1, 0.15) is 58.8 Å². The van der Waals surface area contributed by atoms with Crippen LogP contribution in [0.25, 0.3) is 0 Å². The Balaban J connectivity index is 1.78. The standard InChI is InChI=1S/C23H47N5O2/c1-4-6-17-29-19-20-30-18-12-25-22(24-5-2)26-21-23(10-15-27(3)16-11-23)28-13-8-7-9-14-28/h4-21H2,1-3H3,(H2,24,25,26). The van der Waals surface area contributed by atoms with Gasteiger partial charge in [0.05, 0.1) is 26.4 Å². The van der Waals surface area contributed by atoms with E-state index in [-0.39, 0.29) is 5.54 Å². The van der Waals surface area contributed by atoms with E-state index in [1.807, 2.05) is 0 Å². The van der Waals surface area contributed by atoms with E-state index in [1.54, 1.807) is 0 Å². The average Bonchev–Trinajstić information content (AvgIpc) is 2.78. The second kappa shape index (κ2) is 15.0. The second-order valence-electron chi connectivity index (χ2n) is 8.78. The fourth-order valence-corrected chi connectivity index (χ4v) is 4.36. The van der Waals surface area contributed by atoms with Crippen LogP contribution in [-0.4, -0.2) is 101 Å². The van der Waals surface area contributed by atoms with Gasteiger partial charge in [-0.1, -0.05) is 19.8 Å². The van der Waals surface area contributed by atoms with Gasteiger partial charge >= 0.3 is 0 Å². The van der Waals surface area contributed by atoms with Crippen LogP contribution in [0.2, 0.25) is 0 Å². The number of hydrogen-bond donors (Lipinski definition) is 2. The minimum absolute atomic E-state index is 0.224. The van der Waals surface area contributed by atoms with Crippen molar-refractivity contribution >= 4 is 5.96 Å². The number of guanidine groups is 1. The molecule has 2 aliphatic heterocycles. The summed E-state index contributed by atoms with van der Waals surface area (Å²) < 4.78 is 11.2. The predicted octanol–water partition coefficient (Wildman–Crippen LogP) is 2.33. The van der Waals surface area contributed by atoms with Crippen molar-refractivity contribution in [3.05, 3.63) is 0 Å². The van der Waals surface area contributed by atoms with Crippen molar-refractivity contribution < 1.29 is 9.47 Å². The summed E-state index contributed by atoms with van der Waals surface area (Å²) in [5.74, 6) is 0.913. The second-order valence-corrected chi connectivity index (χ2v) is 8.78. The van der Waals surface area contributed by atoms with Gasteiger partial charge in [0.2, 0.25) is 0 Å². The van der Waals surface area contributed by atoms with Crippen molar-refractivity contribution in [1.29, 1.82) is 0 Å². The number of rotatable bonds is 13. The zero-order valence-electron chi connectivity index (χ0n) is 19.9. The lowest BCUT2D eigenvalue weighted by Crippen LogP contribution is -2.58. The van der Waals surface area contributed by atoms with Crippen LogP contribution in [0.5, 0.6) is 0 Å². The van der Waals surface area contributed by atoms with Crippen LogP contribution in [0, 0.1) is 0 Å². The Labute approximate surface area is 184 Å². The molecule has 30 heavy (non-hydrogen) atoms. The molecule has 2 heterocycles. The fraction of sp³-hybridized carbons (Fsp3) is 0.957. The molecule has 0 aromatic heterocycles. The maximum absolute atomic E-state index is 5.68.